The van der Waals surface area contributed by atoms with E-state index in [4.69, 9.17) is 4.74 Å². The van der Waals surface area contributed by atoms with Crippen LogP contribution in [0, 0.1) is 0 Å². The molecule has 140 valence electrons. The number of amides is 1. The fourth-order valence-electron chi connectivity index (χ4n) is 3.38. The third kappa shape index (κ3) is 3.35. The van der Waals surface area contributed by atoms with Crippen LogP contribution in [-0.2, 0) is 22.7 Å². The van der Waals surface area contributed by atoms with Crippen LogP contribution in [0.3, 0.4) is 0 Å². The Labute approximate surface area is 156 Å². The minimum Gasteiger partial charge on any atom is -0.378 e. The van der Waals surface area contributed by atoms with Crippen molar-refractivity contribution in [3.63, 3.8) is 0 Å². The minimum absolute atomic E-state index is 0.0612. The predicted octanol–water partition coefficient (Wildman–Crippen LogP) is 1.33. The second-order valence-corrected chi connectivity index (χ2v) is 6.59. The van der Waals surface area contributed by atoms with Gasteiger partial charge in [0.25, 0.3) is 0 Å². The smallest absolute Gasteiger partial charge is 0.352 e. The molecule has 3 aromatic rings. The molecule has 1 fully saturated rings. The highest BCUT2D eigenvalue weighted by atomic mass is 16.5. The molecular formula is C19H21N5O3. The number of hydrogen-bond donors (Lipinski definition) is 0. The number of carbonyl (C=O) groups is 1. The van der Waals surface area contributed by atoms with E-state index in [1.807, 2.05) is 30.3 Å². The minimum atomic E-state index is -0.368. The number of ether oxygens (including phenoxy) is 1. The Morgan fingerprint density at radius 1 is 1.19 bits per heavy atom. The van der Waals surface area contributed by atoms with E-state index in [-0.39, 0.29) is 18.1 Å². The zero-order valence-electron chi connectivity index (χ0n) is 15.2. The summed E-state index contributed by atoms with van der Waals surface area (Å²) >= 11 is 0. The average molecular weight is 367 g/mol. The molecule has 8 heteroatoms. The maximum Gasteiger partial charge on any atom is 0.352 e. The first-order chi connectivity index (χ1) is 13.2. The molecule has 0 radical (unpaired) electrons. The fourth-order valence-corrected chi connectivity index (χ4v) is 3.38. The van der Waals surface area contributed by atoms with Crippen molar-refractivity contribution in [2.45, 2.75) is 26.0 Å². The molecule has 3 heterocycles. The first-order valence-corrected chi connectivity index (χ1v) is 8.99. The van der Waals surface area contributed by atoms with Gasteiger partial charge in [-0.2, -0.15) is 0 Å². The monoisotopic (exact) mass is 367 g/mol. The zero-order valence-corrected chi connectivity index (χ0v) is 15.2. The molecule has 0 spiro atoms. The standard InChI is InChI=1S/C19H21N5O3/c1-27-13-15-11-16-21-23(12-17(25)22-9-5-6-10-22)19(26)24(16)18(20-15)14-7-3-2-4-8-14/h2-4,7-8,11H,5-6,9-10,12-13H2,1H3. The van der Waals surface area contributed by atoms with Crippen LogP contribution < -0.4 is 5.69 Å². The molecule has 1 aromatic carbocycles. The summed E-state index contributed by atoms with van der Waals surface area (Å²) in [5, 5.41) is 4.38. The second-order valence-electron chi connectivity index (χ2n) is 6.59. The molecule has 4 rings (SSSR count). The lowest BCUT2D eigenvalue weighted by molar-refractivity contribution is -0.131. The Morgan fingerprint density at radius 2 is 1.93 bits per heavy atom. The van der Waals surface area contributed by atoms with Crippen molar-refractivity contribution < 1.29 is 9.53 Å². The lowest BCUT2D eigenvalue weighted by Gasteiger charge is -2.14. The van der Waals surface area contributed by atoms with Gasteiger partial charge in [0.2, 0.25) is 5.91 Å². The van der Waals surface area contributed by atoms with E-state index in [9.17, 15) is 9.59 Å². The van der Waals surface area contributed by atoms with Crippen molar-refractivity contribution in [2.75, 3.05) is 20.2 Å². The maximum absolute atomic E-state index is 13.0. The van der Waals surface area contributed by atoms with Crippen molar-refractivity contribution in [3.8, 4) is 11.4 Å². The Balaban J connectivity index is 1.80. The molecule has 0 atom stereocenters. The lowest BCUT2D eigenvalue weighted by atomic mass is 10.2. The van der Waals surface area contributed by atoms with E-state index >= 15 is 0 Å². The number of aromatic nitrogens is 4. The summed E-state index contributed by atoms with van der Waals surface area (Å²) in [6.45, 7) is 1.74. The Bertz CT molecular complexity index is 1020. The molecule has 0 aliphatic carbocycles. The van der Waals surface area contributed by atoms with Gasteiger partial charge in [-0.15, -0.1) is 5.10 Å². The molecular weight excluding hydrogens is 346 g/mol. The first kappa shape index (κ1) is 17.4. The van der Waals surface area contributed by atoms with Gasteiger partial charge in [-0.05, 0) is 12.8 Å². The number of rotatable bonds is 5. The van der Waals surface area contributed by atoms with Gasteiger partial charge in [0, 0.05) is 31.8 Å². The topological polar surface area (TPSA) is 81.7 Å². The molecule has 0 bridgehead atoms. The number of fused-ring (bicyclic) bond motifs is 1. The van der Waals surface area contributed by atoms with Crippen molar-refractivity contribution in [1.82, 2.24) is 24.1 Å². The number of methoxy groups -OCH3 is 1. The van der Waals surface area contributed by atoms with Gasteiger partial charge in [-0.25, -0.2) is 18.9 Å². The quantitative estimate of drug-likeness (QED) is 0.679. The maximum atomic E-state index is 13.0. The molecule has 0 saturated carbocycles. The summed E-state index contributed by atoms with van der Waals surface area (Å²) in [5.41, 5.74) is 1.56. The molecule has 0 N–H and O–H groups in total. The van der Waals surface area contributed by atoms with Crippen LogP contribution in [0.4, 0.5) is 0 Å². The Hall–Kier alpha value is -3.00. The molecule has 1 aliphatic rings. The largest absolute Gasteiger partial charge is 0.378 e. The van der Waals surface area contributed by atoms with Crippen LogP contribution in [-0.4, -0.2) is 50.2 Å². The highest BCUT2D eigenvalue weighted by Crippen LogP contribution is 2.18. The number of hydrogen-bond acceptors (Lipinski definition) is 5. The molecule has 1 amide bonds. The number of carbonyl (C=O) groups excluding carboxylic acids is 1. The third-order valence-corrected chi connectivity index (χ3v) is 4.69. The van der Waals surface area contributed by atoms with E-state index in [0.717, 1.165) is 31.5 Å². The van der Waals surface area contributed by atoms with E-state index < -0.39 is 0 Å². The Kier molecular flexibility index (Phi) is 4.72. The van der Waals surface area contributed by atoms with Crippen molar-refractivity contribution in [3.05, 3.63) is 52.6 Å². The van der Waals surface area contributed by atoms with Crippen molar-refractivity contribution >= 4 is 11.6 Å². The van der Waals surface area contributed by atoms with E-state index in [0.29, 0.717) is 23.8 Å². The predicted molar refractivity (Wildman–Crippen MR) is 99.2 cm³/mol. The molecule has 27 heavy (non-hydrogen) atoms. The normalized spacial score (nSPS) is 14.2. The van der Waals surface area contributed by atoms with Crippen LogP contribution in [0.1, 0.15) is 18.5 Å². The van der Waals surface area contributed by atoms with E-state index in [1.54, 1.807) is 18.1 Å². The summed E-state index contributed by atoms with van der Waals surface area (Å²) in [5.74, 6) is 0.411. The van der Waals surface area contributed by atoms with Crippen LogP contribution in [0.2, 0.25) is 0 Å². The first-order valence-electron chi connectivity index (χ1n) is 8.99. The summed E-state index contributed by atoms with van der Waals surface area (Å²) in [6.07, 6.45) is 2.02. The van der Waals surface area contributed by atoms with Crippen molar-refractivity contribution in [2.24, 2.45) is 0 Å². The average Bonchev–Trinajstić information content (AvgIpc) is 3.31. The second kappa shape index (κ2) is 7.32. The highest BCUT2D eigenvalue weighted by Gasteiger charge is 2.21. The molecule has 0 unspecified atom stereocenters. The zero-order chi connectivity index (χ0) is 18.8. The summed E-state index contributed by atoms with van der Waals surface area (Å²) in [4.78, 5) is 31.8. The van der Waals surface area contributed by atoms with Gasteiger partial charge in [0.15, 0.2) is 5.65 Å². The Morgan fingerprint density at radius 3 is 2.63 bits per heavy atom. The SMILES string of the molecule is COCc1cc2nn(CC(=O)N3CCCC3)c(=O)n2c(-c2ccccc2)n1. The van der Waals surface area contributed by atoms with E-state index in [1.165, 1.54) is 9.08 Å². The fraction of sp³-hybridized carbons (Fsp3) is 0.368. The number of nitrogens with zero attached hydrogens (tertiary/aromatic N) is 5. The third-order valence-electron chi connectivity index (χ3n) is 4.69. The van der Waals surface area contributed by atoms with Crippen LogP contribution >= 0.6 is 0 Å². The molecule has 1 aliphatic heterocycles. The van der Waals surface area contributed by atoms with E-state index in [2.05, 4.69) is 10.1 Å². The van der Waals surface area contributed by atoms with Gasteiger partial charge in [-0.1, -0.05) is 30.3 Å². The molecule has 1 saturated heterocycles. The summed E-state index contributed by atoms with van der Waals surface area (Å²) in [7, 11) is 1.59. The summed E-state index contributed by atoms with van der Waals surface area (Å²) < 4.78 is 7.86. The van der Waals surface area contributed by atoms with Gasteiger partial charge >= 0.3 is 5.69 Å². The van der Waals surface area contributed by atoms with Gasteiger partial charge in [-0.3, -0.25) is 4.79 Å². The number of benzene rings is 1. The number of likely N-dealkylation sites (tertiary alicyclic amines) is 1. The van der Waals surface area contributed by atoms with Gasteiger partial charge < -0.3 is 9.64 Å². The van der Waals surface area contributed by atoms with Crippen molar-refractivity contribution in [1.29, 1.82) is 0 Å². The molecule has 8 nitrogen and oxygen atoms in total. The van der Waals surface area contributed by atoms with Crippen LogP contribution in [0.25, 0.3) is 17.0 Å². The van der Waals surface area contributed by atoms with Gasteiger partial charge in [0.1, 0.15) is 12.4 Å². The lowest BCUT2D eigenvalue weighted by Crippen LogP contribution is -2.35. The van der Waals surface area contributed by atoms with Crippen LogP contribution in [0.15, 0.2) is 41.2 Å². The highest BCUT2D eigenvalue weighted by molar-refractivity contribution is 5.76. The molecule has 2 aromatic heterocycles. The summed E-state index contributed by atoms with van der Waals surface area (Å²) in [6, 6.07) is 11.2. The van der Waals surface area contributed by atoms with Gasteiger partial charge in [0.05, 0.1) is 12.3 Å². The van der Waals surface area contributed by atoms with Crippen LogP contribution in [0.5, 0.6) is 0 Å².